The molecule has 0 radical (unpaired) electrons. The molecule has 0 bridgehead atoms. The van der Waals surface area contributed by atoms with Crippen LogP contribution in [0.15, 0.2) is 61.2 Å². The van der Waals surface area contributed by atoms with Gasteiger partial charge >= 0.3 is 0 Å². The lowest BCUT2D eigenvalue weighted by Gasteiger charge is -2.10. The lowest BCUT2D eigenvalue weighted by atomic mass is 10.2. The van der Waals surface area contributed by atoms with Crippen LogP contribution in [-0.4, -0.2) is 31.5 Å². The predicted molar refractivity (Wildman–Crippen MR) is 104 cm³/mol. The topological polar surface area (TPSA) is 79.5 Å². The van der Waals surface area contributed by atoms with Crippen molar-refractivity contribution in [1.29, 1.82) is 0 Å². The number of nitrogens with one attached hydrogen (secondary N) is 3. The molecule has 0 spiro atoms. The molecule has 0 aliphatic rings. The van der Waals surface area contributed by atoms with Gasteiger partial charge in [0.25, 0.3) is 5.91 Å². The Balaban J connectivity index is 1.85. The van der Waals surface area contributed by atoms with Crippen LogP contribution in [0.1, 0.15) is 17.3 Å². The van der Waals surface area contributed by atoms with Gasteiger partial charge in [-0.25, -0.2) is 0 Å². The second-order valence-electron chi connectivity index (χ2n) is 5.47. The minimum absolute atomic E-state index is 0.114. The summed E-state index contributed by atoms with van der Waals surface area (Å²) in [5, 5.41) is 8.55. The number of ether oxygens (including phenoxy) is 1. The third kappa shape index (κ3) is 5.98. The fourth-order valence-corrected chi connectivity index (χ4v) is 2.21. The second-order valence-corrected chi connectivity index (χ2v) is 5.47. The lowest BCUT2D eigenvalue weighted by molar-refractivity contribution is -0.114. The van der Waals surface area contributed by atoms with Gasteiger partial charge in [-0.3, -0.25) is 9.59 Å². The van der Waals surface area contributed by atoms with Gasteiger partial charge < -0.3 is 20.7 Å². The first-order valence-corrected chi connectivity index (χ1v) is 8.38. The number of benzene rings is 2. The van der Waals surface area contributed by atoms with Crippen molar-refractivity contribution < 1.29 is 14.3 Å². The molecule has 0 aliphatic heterocycles. The molecule has 0 atom stereocenters. The Hall–Kier alpha value is -3.28. The van der Waals surface area contributed by atoms with Gasteiger partial charge in [-0.15, -0.1) is 0 Å². The Labute approximate surface area is 153 Å². The van der Waals surface area contributed by atoms with Crippen molar-refractivity contribution in [3.05, 3.63) is 66.7 Å². The van der Waals surface area contributed by atoms with Crippen LogP contribution in [0.2, 0.25) is 0 Å². The molecule has 2 amide bonds. The van der Waals surface area contributed by atoms with Gasteiger partial charge in [-0.2, -0.15) is 0 Å². The Bertz CT molecular complexity index is 757. The van der Waals surface area contributed by atoms with Crippen molar-refractivity contribution in [3.63, 3.8) is 0 Å². The number of amides is 2. The van der Waals surface area contributed by atoms with E-state index in [4.69, 9.17) is 4.74 Å². The van der Waals surface area contributed by atoms with Crippen LogP contribution in [0.5, 0.6) is 5.75 Å². The van der Waals surface area contributed by atoms with Gasteiger partial charge in [0.2, 0.25) is 5.91 Å². The third-order valence-electron chi connectivity index (χ3n) is 3.42. The van der Waals surface area contributed by atoms with E-state index in [9.17, 15) is 9.59 Å². The molecule has 0 heterocycles. The van der Waals surface area contributed by atoms with E-state index in [0.717, 1.165) is 5.69 Å². The zero-order valence-electron chi connectivity index (χ0n) is 14.7. The highest BCUT2D eigenvalue weighted by Gasteiger charge is 2.06. The van der Waals surface area contributed by atoms with Crippen LogP contribution < -0.4 is 20.7 Å². The Morgan fingerprint density at radius 3 is 2.58 bits per heavy atom. The predicted octanol–water partition coefficient (Wildman–Crippen LogP) is 3.05. The summed E-state index contributed by atoms with van der Waals surface area (Å²) in [6.07, 6.45) is 1.67. The number of hydrogen-bond acceptors (Lipinski definition) is 4. The van der Waals surface area contributed by atoms with Crippen LogP contribution in [-0.2, 0) is 4.79 Å². The maximum Gasteiger partial charge on any atom is 0.251 e. The minimum atomic E-state index is -0.187. The molecule has 26 heavy (non-hydrogen) atoms. The fraction of sp³-hybridized carbons (Fsp3) is 0.200. The zero-order chi connectivity index (χ0) is 18.8. The first kappa shape index (κ1) is 19.1. The first-order valence-electron chi connectivity index (χ1n) is 8.38. The van der Waals surface area contributed by atoms with Gasteiger partial charge in [0.1, 0.15) is 12.4 Å². The molecular weight excluding hydrogens is 330 g/mol. The molecule has 3 N–H and O–H groups in total. The number of carbonyl (C=O) groups excluding carboxylic acids is 2. The van der Waals surface area contributed by atoms with Gasteiger partial charge in [0.15, 0.2) is 0 Å². The minimum Gasteiger partial charge on any atom is -0.489 e. The van der Waals surface area contributed by atoms with Gasteiger partial charge in [-0.1, -0.05) is 18.7 Å². The Morgan fingerprint density at radius 1 is 1.12 bits per heavy atom. The molecule has 0 aliphatic carbocycles. The van der Waals surface area contributed by atoms with Crippen molar-refractivity contribution in [2.75, 3.05) is 30.3 Å². The van der Waals surface area contributed by atoms with E-state index in [1.54, 1.807) is 30.3 Å². The quantitative estimate of drug-likeness (QED) is 0.606. The van der Waals surface area contributed by atoms with Crippen LogP contribution in [0.25, 0.3) is 0 Å². The molecule has 136 valence electrons. The van der Waals surface area contributed by atoms with Gasteiger partial charge in [0.05, 0.1) is 6.54 Å². The van der Waals surface area contributed by atoms with Crippen molar-refractivity contribution in [1.82, 2.24) is 5.32 Å². The van der Waals surface area contributed by atoms with E-state index in [-0.39, 0.29) is 18.4 Å². The average Bonchev–Trinajstić information content (AvgIpc) is 2.66. The van der Waals surface area contributed by atoms with Crippen molar-refractivity contribution >= 4 is 23.2 Å². The maximum absolute atomic E-state index is 12.1. The normalized spacial score (nSPS) is 9.88. The summed E-state index contributed by atoms with van der Waals surface area (Å²) in [5.41, 5.74) is 1.97. The van der Waals surface area contributed by atoms with Crippen molar-refractivity contribution in [2.24, 2.45) is 0 Å². The summed E-state index contributed by atoms with van der Waals surface area (Å²) < 4.78 is 5.45. The van der Waals surface area contributed by atoms with Crippen molar-refractivity contribution in [3.8, 4) is 5.75 Å². The highest BCUT2D eigenvalue weighted by molar-refractivity contribution is 5.96. The maximum atomic E-state index is 12.1. The van der Waals surface area contributed by atoms with Crippen LogP contribution >= 0.6 is 0 Å². The summed E-state index contributed by atoms with van der Waals surface area (Å²) in [6.45, 7) is 6.58. The molecule has 0 saturated heterocycles. The van der Waals surface area contributed by atoms with E-state index in [0.29, 0.717) is 30.2 Å². The summed E-state index contributed by atoms with van der Waals surface area (Å²) in [6, 6.07) is 14.1. The SMILES string of the molecule is C=CCOc1cccc(NCC(=O)Nc2ccc(C(=O)NCC)cc2)c1. The number of carbonyl (C=O) groups is 2. The summed E-state index contributed by atoms with van der Waals surface area (Å²) in [7, 11) is 0. The van der Waals surface area contributed by atoms with E-state index < -0.39 is 0 Å². The van der Waals surface area contributed by atoms with Gasteiger partial charge in [0, 0.05) is 29.5 Å². The van der Waals surface area contributed by atoms with Gasteiger partial charge in [-0.05, 0) is 43.3 Å². The van der Waals surface area contributed by atoms with E-state index in [1.165, 1.54) is 0 Å². The van der Waals surface area contributed by atoms with E-state index in [2.05, 4.69) is 22.5 Å². The first-order chi connectivity index (χ1) is 12.6. The molecule has 2 rings (SSSR count). The van der Waals surface area contributed by atoms with Crippen LogP contribution in [0.3, 0.4) is 0 Å². The molecule has 0 aromatic heterocycles. The molecule has 0 saturated carbocycles. The molecule has 2 aromatic carbocycles. The van der Waals surface area contributed by atoms with Crippen molar-refractivity contribution in [2.45, 2.75) is 6.92 Å². The molecule has 6 heteroatoms. The molecule has 0 unspecified atom stereocenters. The average molecular weight is 353 g/mol. The highest BCUT2D eigenvalue weighted by Crippen LogP contribution is 2.17. The monoisotopic (exact) mass is 353 g/mol. The smallest absolute Gasteiger partial charge is 0.251 e. The molecule has 2 aromatic rings. The summed E-state index contributed by atoms with van der Waals surface area (Å²) >= 11 is 0. The standard InChI is InChI=1S/C20H23N3O3/c1-3-12-26-18-7-5-6-17(13-18)22-14-19(24)23-16-10-8-15(9-11-16)20(25)21-4-2/h3,5-11,13,22H,1,4,12,14H2,2H3,(H,21,25)(H,23,24). The largest absolute Gasteiger partial charge is 0.489 e. The Kier molecular flexibility index (Phi) is 7.24. The lowest BCUT2D eigenvalue weighted by Crippen LogP contribution is -2.23. The van der Waals surface area contributed by atoms with E-state index >= 15 is 0 Å². The molecule has 0 fully saturated rings. The van der Waals surface area contributed by atoms with Crippen LogP contribution in [0, 0.1) is 0 Å². The Morgan fingerprint density at radius 2 is 1.88 bits per heavy atom. The van der Waals surface area contributed by atoms with E-state index in [1.807, 2.05) is 31.2 Å². The molecule has 6 nitrogen and oxygen atoms in total. The summed E-state index contributed by atoms with van der Waals surface area (Å²) in [5.74, 6) is 0.384. The fourth-order valence-electron chi connectivity index (χ4n) is 2.21. The zero-order valence-corrected chi connectivity index (χ0v) is 14.7. The summed E-state index contributed by atoms with van der Waals surface area (Å²) in [4.78, 5) is 23.8. The second kappa shape index (κ2) is 9.88. The number of anilines is 2. The molecular formula is C20H23N3O3. The third-order valence-corrected chi connectivity index (χ3v) is 3.42. The number of rotatable bonds is 9. The number of hydrogen-bond donors (Lipinski definition) is 3. The highest BCUT2D eigenvalue weighted by atomic mass is 16.5. The van der Waals surface area contributed by atoms with Crippen LogP contribution in [0.4, 0.5) is 11.4 Å².